The Balaban J connectivity index is 2.30. The van der Waals surface area contributed by atoms with Crippen molar-refractivity contribution in [3.63, 3.8) is 0 Å². The smallest absolute Gasteiger partial charge is 0.236 e. The van der Waals surface area contributed by atoms with Gasteiger partial charge in [0.05, 0.1) is 6.54 Å². The van der Waals surface area contributed by atoms with E-state index in [0.29, 0.717) is 6.54 Å². The molecule has 1 amide bonds. The van der Waals surface area contributed by atoms with Gasteiger partial charge in [-0.05, 0) is 31.9 Å². The van der Waals surface area contributed by atoms with Crippen LogP contribution >= 0.6 is 0 Å². The van der Waals surface area contributed by atoms with Crippen LogP contribution in [-0.4, -0.2) is 35.0 Å². The SMILES string of the molecule is CCCn1ccc(CNCC(=O)N(CC)CC)c1. The van der Waals surface area contributed by atoms with Crippen molar-refractivity contribution in [1.82, 2.24) is 14.8 Å². The predicted octanol–water partition coefficient (Wildman–Crippen LogP) is 1.86. The summed E-state index contributed by atoms with van der Waals surface area (Å²) in [5.41, 5.74) is 1.23. The van der Waals surface area contributed by atoms with Gasteiger partial charge in [0.15, 0.2) is 0 Å². The number of hydrogen-bond acceptors (Lipinski definition) is 2. The molecule has 0 aliphatic rings. The Labute approximate surface area is 110 Å². The number of nitrogens with zero attached hydrogens (tertiary/aromatic N) is 2. The first-order chi connectivity index (χ1) is 8.71. The van der Waals surface area contributed by atoms with Gasteiger partial charge in [-0.2, -0.15) is 0 Å². The lowest BCUT2D eigenvalue weighted by Crippen LogP contribution is -2.37. The fourth-order valence-corrected chi connectivity index (χ4v) is 1.99. The molecule has 0 fully saturated rings. The molecule has 0 aliphatic heterocycles. The minimum atomic E-state index is 0.174. The maximum Gasteiger partial charge on any atom is 0.236 e. The van der Waals surface area contributed by atoms with Crippen LogP contribution in [0, 0.1) is 0 Å². The van der Waals surface area contributed by atoms with Crippen LogP contribution in [0.2, 0.25) is 0 Å². The summed E-state index contributed by atoms with van der Waals surface area (Å²) in [5, 5.41) is 3.20. The molecule has 0 aromatic carbocycles. The van der Waals surface area contributed by atoms with E-state index in [1.54, 1.807) is 0 Å². The van der Waals surface area contributed by atoms with Gasteiger partial charge in [-0.15, -0.1) is 0 Å². The van der Waals surface area contributed by atoms with Crippen molar-refractivity contribution in [2.75, 3.05) is 19.6 Å². The molecule has 0 aliphatic carbocycles. The van der Waals surface area contributed by atoms with E-state index >= 15 is 0 Å². The van der Waals surface area contributed by atoms with E-state index in [-0.39, 0.29) is 5.91 Å². The molecule has 1 aromatic rings. The molecule has 0 unspecified atom stereocenters. The average molecular weight is 251 g/mol. The number of aromatic nitrogens is 1. The van der Waals surface area contributed by atoms with Crippen molar-refractivity contribution in [2.24, 2.45) is 0 Å². The second kappa shape index (κ2) is 7.93. The van der Waals surface area contributed by atoms with Crippen LogP contribution < -0.4 is 5.32 Å². The number of hydrogen-bond donors (Lipinski definition) is 1. The van der Waals surface area contributed by atoms with E-state index in [1.165, 1.54) is 5.56 Å². The van der Waals surface area contributed by atoms with Crippen LogP contribution in [0.4, 0.5) is 0 Å². The first kappa shape index (κ1) is 14.8. The minimum Gasteiger partial charge on any atom is -0.354 e. The number of aryl methyl sites for hydroxylation is 1. The Kier molecular flexibility index (Phi) is 6.50. The average Bonchev–Trinajstić information content (AvgIpc) is 2.79. The summed E-state index contributed by atoms with van der Waals surface area (Å²) in [6, 6.07) is 2.10. The highest BCUT2D eigenvalue weighted by Crippen LogP contribution is 2.01. The second-order valence-electron chi connectivity index (χ2n) is 4.43. The van der Waals surface area contributed by atoms with Crippen LogP contribution in [0.3, 0.4) is 0 Å². The first-order valence-electron chi connectivity index (χ1n) is 6.84. The lowest BCUT2D eigenvalue weighted by Gasteiger charge is -2.18. The largest absolute Gasteiger partial charge is 0.354 e. The van der Waals surface area contributed by atoms with Crippen molar-refractivity contribution in [2.45, 2.75) is 40.3 Å². The Hall–Kier alpha value is -1.29. The van der Waals surface area contributed by atoms with Crippen molar-refractivity contribution in [3.05, 3.63) is 24.0 Å². The standard InChI is InChI=1S/C14H25N3O/c1-4-8-16-9-7-13(12-16)10-15-11-14(18)17(5-2)6-3/h7,9,12,15H,4-6,8,10-11H2,1-3H3. The molecule has 1 heterocycles. The van der Waals surface area contributed by atoms with E-state index in [0.717, 1.165) is 32.6 Å². The second-order valence-corrected chi connectivity index (χ2v) is 4.43. The van der Waals surface area contributed by atoms with E-state index in [1.807, 2.05) is 18.7 Å². The van der Waals surface area contributed by atoms with Gasteiger partial charge in [-0.25, -0.2) is 0 Å². The fraction of sp³-hybridized carbons (Fsp3) is 0.643. The summed E-state index contributed by atoms with van der Waals surface area (Å²) in [7, 11) is 0. The summed E-state index contributed by atoms with van der Waals surface area (Å²) in [4.78, 5) is 13.6. The normalized spacial score (nSPS) is 10.6. The van der Waals surface area contributed by atoms with Crippen LogP contribution in [-0.2, 0) is 17.9 Å². The van der Waals surface area contributed by atoms with Gasteiger partial charge in [-0.3, -0.25) is 4.79 Å². The maximum atomic E-state index is 11.8. The lowest BCUT2D eigenvalue weighted by atomic mass is 10.3. The molecule has 1 rings (SSSR count). The van der Waals surface area contributed by atoms with Gasteiger partial charge < -0.3 is 14.8 Å². The third-order valence-electron chi connectivity index (χ3n) is 3.02. The van der Waals surface area contributed by atoms with E-state index < -0.39 is 0 Å². The maximum absolute atomic E-state index is 11.8. The van der Waals surface area contributed by atoms with E-state index in [4.69, 9.17) is 0 Å². The van der Waals surface area contributed by atoms with Crippen LogP contribution in [0.15, 0.2) is 18.5 Å². The van der Waals surface area contributed by atoms with Crippen LogP contribution in [0.25, 0.3) is 0 Å². The van der Waals surface area contributed by atoms with Crippen LogP contribution in [0.5, 0.6) is 0 Å². The Bertz CT molecular complexity index is 356. The highest BCUT2D eigenvalue weighted by Gasteiger charge is 2.08. The molecule has 0 bridgehead atoms. The Morgan fingerprint density at radius 1 is 1.33 bits per heavy atom. The Morgan fingerprint density at radius 2 is 2.06 bits per heavy atom. The molecule has 102 valence electrons. The highest BCUT2D eigenvalue weighted by atomic mass is 16.2. The molecule has 18 heavy (non-hydrogen) atoms. The van der Waals surface area contributed by atoms with Gasteiger partial charge in [-0.1, -0.05) is 6.92 Å². The summed E-state index contributed by atoms with van der Waals surface area (Å²) < 4.78 is 2.18. The number of rotatable bonds is 8. The number of carbonyl (C=O) groups excluding carboxylic acids is 1. The van der Waals surface area contributed by atoms with Gasteiger partial charge in [0.1, 0.15) is 0 Å². The first-order valence-corrected chi connectivity index (χ1v) is 6.84. The number of likely N-dealkylation sites (N-methyl/N-ethyl adjacent to an activating group) is 1. The van der Waals surface area contributed by atoms with Gasteiger partial charge in [0.25, 0.3) is 0 Å². The Morgan fingerprint density at radius 3 is 2.67 bits per heavy atom. The quantitative estimate of drug-likeness (QED) is 0.765. The van der Waals surface area contributed by atoms with Crippen molar-refractivity contribution >= 4 is 5.91 Å². The van der Waals surface area contributed by atoms with Crippen molar-refractivity contribution in [1.29, 1.82) is 0 Å². The van der Waals surface area contributed by atoms with Gasteiger partial charge in [0, 0.05) is 38.6 Å². The highest BCUT2D eigenvalue weighted by molar-refractivity contribution is 5.78. The zero-order valence-electron chi connectivity index (χ0n) is 11.8. The zero-order valence-corrected chi connectivity index (χ0v) is 11.8. The fourth-order valence-electron chi connectivity index (χ4n) is 1.99. The molecule has 0 atom stereocenters. The molecule has 0 radical (unpaired) electrons. The third kappa shape index (κ3) is 4.53. The monoisotopic (exact) mass is 251 g/mol. The molecule has 1 N–H and O–H groups in total. The number of nitrogens with one attached hydrogen (secondary N) is 1. The molecule has 4 heteroatoms. The molecule has 0 saturated heterocycles. The summed E-state index contributed by atoms with van der Waals surface area (Å²) in [6.45, 7) is 9.97. The number of carbonyl (C=O) groups is 1. The summed E-state index contributed by atoms with van der Waals surface area (Å²) >= 11 is 0. The zero-order chi connectivity index (χ0) is 13.4. The van der Waals surface area contributed by atoms with Gasteiger partial charge in [0.2, 0.25) is 5.91 Å². The molecular formula is C14H25N3O. The van der Waals surface area contributed by atoms with Crippen LogP contribution in [0.1, 0.15) is 32.8 Å². The van der Waals surface area contributed by atoms with Gasteiger partial charge >= 0.3 is 0 Å². The lowest BCUT2D eigenvalue weighted by molar-refractivity contribution is -0.129. The van der Waals surface area contributed by atoms with E-state index in [9.17, 15) is 4.79 Å². The molecule has 0 saturated carbocycles. The summed E-state index contributed by atoms with van der Waals surface area (Å²) in [5.74, 6) is 0.174. The van der Waals surface area contributed by atoms with E-state index in [2.05, 4.69) is 35.3 Å². The minimum absolute atomic E-state index is 0.174. The summed E-state index contributed by atoms with van der Waals surface area (Å²) in [6.07, 6.45) is 5.37. The van der Waals surface area contributed by atoms with Crippen molar-refractivity contribution in [3.8, 4) is 0 Å². The topological polar surface area (TPSA) is 37.3 Å². The van der Waals surface area contributed by atoms with Crippen molar-refractivity contribution < 1.29 is 4.79 Å². The molecule has 4 nitrogen and oxygen atoms in total. The molecule has 1 aromatic heterocycles. The molecule has 0 spiro atoms. The molecular weight excluding hydrogens is 226 g/mol. The number of amides is 1. The predicted molar refractivity (Wildman–Crippen MR) is 74.4 cm³/mol. The third-order valence-corrected chi connectivity index (χ3v) is 3.02.